The Kier molecular flexibility index (Phi) is 8.60. The first kappa shape index (κ1) is 22.2. The number of amides is 1. The molecule has 2 rings (SSSR count). The monoisotopic (exact) mass is 413 g/mol. The number of benzene rings is 1. The molecular weight excluding hydrogens is 382 g/mol. The molecule has 1 aromatic carbocycles. The van der Waals surface area contributed by atoms with Gasteiger partial charge in [-0.15, -0.1) is 11.8 Å². The molecule has 1 atom stereocenters. The molecule has 1 aromatic rings. The van der Waals surface area contributed by atoms with Crippen molar-refractivity contribution in [2.45, 2.75) is 61.8 Å². The van der Waals surface area contributed by atoms with Crippen LogP contribution in [0, 0.1) is 0 Å². The first-order chi connectivity index (χ1) is 12.9. The Morgan fingerprint density at radius 3 is 2.78 bits per heavy atom. The van der Waals surface area contributed by atoms with E-state index in [1.165, 1.54) is 44.0 Å². The molecule has 0 radical (unpaired) electrons. The fraction of sp³-hybridized carbons (Fsp3) is 0.632. The van der Waals surface area contributed by atoms with Crippen LogP contribution in [0.2, 0.25) is 0 Å². The molecule has 8 heteroatoms. The summed E-state index contributed by atoms with van der Waals surface area (Å²) in [6.07, 6.45) is 7.60. The second kappa shape index (κ2) is 10.5. The van der Waals surface area contributed by atoms with Crippen LogP contribution in [0.3, 0.4) is 0 Å². The Morgan fingerprint density at radius 2 is 2.11 bits per heavy atom. The number of sulfonamides is 1. The largest absolute Gasteiger partial charge is 0.325 e. The zero-order valence-corrected chi connectivity index (χ0v) is 18.1. The van der Waals surface area contributed by atoms with Crippen LogP contribution in [0.15, 0.2) is 28.0 Å². The number of anilines is 1. The molecule has 152 valence electrons. The SMILES string of the molecule is CC[C@H]1CCCCN1CCCNS(=O)(=O)c1ccc(SC)c(NC(C)=O)c1. The van der Waals surface area contributed by atoms with Crippen LogP contribution >= 0.6 is 11.8 Å². The maximum Gasteiger partial charge on any atom is 0.240 e. The van der Waals surface area contributed by atoms with Gasteiger partial charge in [0.2, 0.25) is 15.9 Å². The number of nitrogens with one attached hydrogen (secondary N) is 2. The summed E-state index contributed by atoms with van der Waals surface area (Å²) in [5.74, 6) is -0.222. The van der Waals surface area contributed by atoms with E-state index in [-0.39, 0.29) is 10.8 Å². The van der Waals surface area contributed by atoms with Gasteiger partial charge < -0.3 is 10.2 Å². The minimum Gasteiger partial charge on any atom is -0.325 e. The molecule has 6 nitrogen and oxygen atoms in total. The molecule has 0 unspecified atom stereocenters. The van der Waals surface area contributed by atoms with Crippen LogP contribution in [-0.4, -0.2) is 51.2 Å². The highest BCUT2D eigenvalue weighted by molar-refractivity contribution is 7.98. The van der Waals surface area contributed by atoms with E-state index in [4.69, 9.17) is 0 Å². The van der Waals surface area contributed by atoms with Crippen LogP contribution in [0.25, 0.3) is 0 Å². The molecule has 1 aliphatic heterocycles. The third-order valence-electron chi connectivity index (χ3n) is 4.93. The second-order valence-corrected chi connectivity index (χ2v) is 9.50. The number of carbonyl (C=O) groups excluding carboxylic acids is 1. The molecule has 1 aliphatic rings. The lowest BCUT2D eigenvalue weighted by Gasteiger charge is -2.35. The van der Waals surface area contributed by atoms with Crippen LogP contribution in [0.5, 0.6) is 0 Å². The lowest BCUT2D eigenvalue weighted by molar-refractivity contribution is -0.114. The minimum absolute atomic E-state index is 0.174. The third-order valence-corrected chi connectivity index (χ3v) is 7.18. The van der Waals surface area contributed by atoms with Crippen LogP contribution < -0.4 is 10.0 Å². The van der Waals surface area contributed by atoms with E-state index in [1.807, 2.05) is 6.26 Å². The summed E-state index contributed by atoms with van der Waals surface area (Å²) in [5, 5.41) is 2.70. The number of thioether (sulfide) groups is 1. The number of hydrogen-bond acceptors (Lipinski definition) is 5. The van der Waals surface area contributed by atoms with Gasteiger partial charge in [-0.1, -0.05) is 13.3 Å². The quantitative estimate of drug-likeness (QED) is 0.480. The van der Waals surface area contributed by atoms with Gasteiger partial charge in [0.15, 0.2) is 0 Å². The van der Waals surface area contributed by atoms with Crippen LogP contribution in [0.4, 0.5) is 5.69 Å². The molecule has 2 N–H and O–H groups in total. The first-order valence-corrected chi connectivity index (χ1v) is 12.3. The summed E-state index contributed by atoms with van der Waals surface area (Å²) < 4.78 is 27.9. The number of piperidine rings is 1. The lowest BCUT2D eigenvalue weighted by Crippen LogP contribution is -2.40. The predicted molar refractivity (Wildman–Crippen MR) is 112 cm³/mol. The molecule has 1 amide bonds. The average Bonchev–Trinajstić information content (AvgIpc) is 2.65. The molecule has 1 fully saturated rings. The summed E-state index contributed by atoms with van der Waals surface area (Å²) in [5.41, 5.74) is 0.525. The van der Waals surface area contributed by atoms with Crippen molar-refractivity contribution in [2.24, 2.45) is 0 Å². The van der Waals surface area contributed by atoms with Crippen molar-refractivity contribution in [3.63, 3.8) is 0 Å². The topological polar surface area (TPSA) is 78.5 Å². The van der Waals surface area contributed by atoms with Crippen molar-refractivity contribution >= 4 is 33.4 Å². The van der Waals surface area contributed by atoms with Gasteiger partial charge in [0.1, 0.15) is 0 Å². The van der Waals surface area contributed by atoms with Gasteiger partial charge in [-0.05, 0) is 63.2 Å². The van der Waals surface area contributed by atoms with E-state index in [9.17, 15) is 13.2 Å². The standard InChI is InChI=1S/C19H31N3O3S2/c1-4-16-8-5-6-12-22(16)13-7-11-20-27(24,25)17-9-10-19(26-3)18(14-17)21-15(2)23/h9-10,14,16,20H,4-8,11-13H2,1-3H3,(H,21,23)/t16-/m0/s1. The van der Waals surface area contributed by atoms with Gasteiger partial charge >= 0.3 is 0 Å². The Morgan fingerprint density at radius 1 is 1.33 bits per heavy atom. The Labute approximate surface area is 167 Å². The zero-order valence-electron chi connectivity index (χ0n) is 16.5. The fourth-order valence-corrected chi connectivity index (χ4v) is 5.16. The van der Waals surface area contributed by atoms with Crippen molar-refractivity contribution in [3.8, 4) is 0 Å². The van der Waals surface area contributed by atoms with Crippen molar-refractivity contribution < 1.29 is 13.2 Å². The lowest BCUT2D eigenvalue weighted by atomic mass is 10.00. The van der Waals surface area contributed by atoms with Crippen LogP contribution in [-0.2, 0) is 14.8 Å². The van der Waals surface area contributed by atoms with E-state index in [1.54, 1.807) is 12.1 Å². The number of nitrogens with zero attached hydrogens (tertiary/aromatic N) is 1. The summed E-state index contributed by atoms with van der Waals surface area (Å²) in [4.78, 5) is 14.9. The molecule has 0 aromatic heterocycles. The normalized spacial score (nSPS) is 18.4. The second-order valence-electron chi connectivity index (χ2n) is 6.89. The smallest absolute Gasteiger partial charge is 0.240 e. The Balaban J connectivity index is 1.94. The fourth-order valence-electron chi connectivity index (χ4n) is 3.53. The molecule has 0 aliphatic carbocycles. The number of rotatable bonds is 9. The van der Waals surface area contributed by atoms with E-state index in [0.29, 0.717) is 18.3 Å². The van der Waals surface area contributed by atoms with Gasteiger partial charge in [0.25, 0.3) is 0 Å². The van der Waals surface area contributed by atoms with Crippen molar-refractivity contribution in [3.05, 3.63) is 18.2 Å². The molecular formula is C19H31N3O3S2. The minimum atomic E-state index is -3.59. The van der Waals surface area contributed by atoms with Gasteiger partial charge in [0.05, 0.1) is 10.6 Å². The molecule has 1 saturated heterocycles. The number of hydrogen-bond donors (Lipinski definition) is 2. The van der Waals surface area contributed by atoms with Crippen LogP contribution in [0.1, 0.15) is 46.0 Å². The summed E-state index contributed by atoms with van der Waals surface area (Å²) in [6.45, 7) is 6.07. The summed E-state index contributed by atoms with van der Waals surface area (Å²) in [7, 11) is -3.59. The zero-order chi connectivity index (χ0) is 19.9. The van der Waals surface area contributed by atoms with E-state index in [2.05, 4.69) is 21.9 Å². The Hall–Kier alpha value is -1.09. The summed E-state index contributed by atoms with van der Waals surface area (Å²) in [6, 6.07) is 5.46. The van der Waals surface area contributed by atoms with Gasteiger partial charge in [-0.3, -0.25) is 4.79 Å². The predicted octanol–water partition coefficient (Wildman–Crippen LogP) is 3.30. The number of likely N-dealkylation sites (tertiary alicyclic amines) is 1. The molecule has 0 saturated carbocycles. The molecule has 27 heavy (non-hydrogen) atoms. The number of carbonyl (C=O) groups is 1. The Bertz CT molecular complexity index is 738. The van der Waals surface area contributed by atoms with Crippen molar-refractivity contribution in [1.29, 1.82) is 0 Å². The van der Waals surface area contributed by atoms with E-state index in [0.717, 1.165) is 30.8 Å². The average molecular weight is 414 g/mol. The van der Waals surface area contributed by atoms with E-state index >= 15 is 0 Å². The van der Waals surface area contributed by atoms with Gasteiger partial charge in [-0.2, -0.15) is 0 Å². The van der Waals surface area contributed by atoms with E-state index < -0.39 is 10.0 Å². The maximum atomic E-state index is 12.6. The van der Waals surface area contributed by atoms with Gasteiger partial charge in [-0.25, -0.2) is 13.1 Å². The van der Waals surface area contributed by atoms with Gasteiger partial charge in [0, 0.05) is 24.4 Å². The molecule has 0 spiro atoms. The molecule has 0 bridgehead atoms. The summed E-state index contributed by atoms with van der Waals surface area (Å²) >= 11 is 1.46. The highest BCUT2D eigenvalue weighted by Crippen LogP contribution is 2.28. The van der Waals surface area contributed by atoms with Crippen molar-refractivity contribution in [2.75, 3.05) is 31.2 Å². The highest BCUT2D eigenvalue weighted by atomic mass is 32.2. The maximum absolute atomic E-state index is 12.6. The third kappa shape index (κ3) is 6.48. The first-order valence-electron chi connectivity index (χ1n) is 9.56. The molecule has 1 heterocycles. The van der Waals surface area contributed by atoms with Crippen molar-refractivity contribution in [1.82, 2.24) is 9.62 Å². The highest BCUT2D eigenvalue weighted by Gasteiger charge is 2.21.